The highest BCUT2D eigenvalue weighted by Gasteiger charge is 2.42. The van der Waals surface area contributed by atoms with Gasteiger partial charge < -0.3 is 5.32 Å². The monoisotopic (exact) mass is 419 g/mol. The van der Waals surface area contributed by atoms with Gasteiger partial charge in [0.2, 0.25) is 5.91 Å². The summed E-state index contributed by atoms with van der Waals surface area (Å²) >= 11 is 1.33. The number of benzene rings is 2. The minimum Gasteiger partial charge on any atom is -0.300 e. The van der Waals surface area contributed by atoms with E-state index in [2.05, 4.69) is 10.3 Å². The second-order valence-electron chi connectivity index (χ2n) is 7.45. The van der Waals surface area contributed by atoms with Crippen LogP contribution in [0.2, 0.25) is 0 Å². The van der Waals surface area contributed by atoms with E-state index in [0.29, 0.717) is 16.3 Å². The Labute approximate surface area is 178 Å². The predicted octanol–water partition coefficient (Wildman–Crippen LogP) is 4.11. The number of rotatable bonds is 6. The van der Waals surface area contributed by atoms with Crippen molar-refractivity contribution in [3.05, 3.63) is 82.4 Å². The van der Waals surface area contributed by atoms with Gasteiger partial charge in [-0.15, -0.1) is 11.3 Å². The summed E-state index contributed by atoms with van der Waals surface area (Å²) in [5.41, 5.74) is 2.39. The van der Waals surface area contributed by atoms with E-state index >= 15 is 0 Å². The van der Waals surface area contributed by atoms with E-state index in [9.17, 15) is 14.4 Å². The van der Waals surface area contributed by atoms with Gasteiger partial charge in [-0.25, -0.2) is 4.98 Å². The lowest BCUT2D eigenvalue weighted by molar-refractivity contribution is -0.119. The maximum atomic E-state index is 13.2. The third-order valence-electron chi connectivity index (χ3n) is 5.06. The highest BCUT2D eigenvalue weighted by atomic mass is 32.1. The van der Waals surface area contributed by atoms with Gasteiger partial charge in [0, 0.05) is 11.8 Å². The molecule has 0 aliphatic carbocycles. The van der Waals surface area contributed by atoms with Crippen molar-refractivity contribution in [1.29, 1.82) is 0 Å². The highest BCUT2D eigenvalue weighted by molar-refractivity contribution is 7.13. The molecular formula is C23H21N3O3S. The number of thiazole rings is 1. The number of imide groups is 1. The zero-order valence-electron chi connectivity index (χ0n) is 16.7. The van der Waals surface area contributed by atoms with Gasteiger partial charge in [-0.1, -0.05) is 56.3 Å². The van der Waals surface area contributed by atoms with Crippen LogP contribution in [0.1, 0.15) is 51.7 Å². The second-order valence-corrected chi connectivity index (χ2v) is 8.31. The Morgan fingerprint density at radius 3 is 2.17 bits per heavy atom. The molecule has 1 aliphatic rings. The van der Waals surface area contributed by atoms with E-state index in [0.717, 1.165) is 16.2 Å². The molecule has 2 aromatic carbocycles. The van der Waals surface area contributed by atoms with Crippen molar-refractivity contribution < 1.29 is 14.4 Å². The maximum Gasteiger partial charge on any atom is 0.262 e. The van der Waals surface area contributed by atoms with Crippen molar-refractivity contribution in [2.24, 2.45) is 0 Å². The van der Waals surface area contributed by atoms with Crippen molar-refractivity contribution in [2.75, 3.05) is 5.32 Å². The van der Waals surface area contributed by atoms with Crippen LogP contribution in [0.5, 0.6) is 0 Å². The zero-order valence-corrected chi connectivity index (χ0v) is 17.5. The Morgan fingerprint density at radius 1 is 1.00 bits per heavy atom. The summed E-state index contributed by atoms with van der Waals surface area (Å²) in [4.78, 5) is 44.8. The molecular weight excluding hydrogens is 398 g/mol. The molecule has 1 atom stereocenters. The van der Waals surface area contributed by atoms with Crippen molar-refractivity contribution in [3.63, 3.8) is 0 Å². The Balaban J connectivity index is 1.65. The topological polar surface area (TPSA) is 79.4 Å². The summed E-state index contributed by atoms with van der Waals surface area (Å²) in [6, 6.07) is 15.0. The Hall–Kier alpha value is -3.32. The molecule has 0 saturated heterocycles. The molecule has 0 saturated carbocycles. The molecule has 0 bridgehead atoms. The molecule has 3 amide bonds. The van der Waals surface area contributed by atoms with Crippen LogP contribution in [0, 0.1) is 0 Å². The van der Waals surface area contributed by atoms with Gasteiger partial charge in [-0.05, 0) is 23.6 Å². The predicted molar refractivity (Wildman–Crippen MR) is 116 cm³/mol. The summed E-state index contributed by atoms with van der Waals surface area (Å²) in [5, 5.41) is 5.16. The maximum absolute atomic E-state index is 13.2. The lowest BCUT2D eigenvalue weighted by Gasteiger charge is -2.25. The minimum absolute atomic E-state index is 0.223. The largest absolute Gasteiger partial charge is 0.300 e. The van der Waals surface area contributed by atoms with Crippen molar-refractivity contribution in [2.45, 2.75) is 32.2 Å². The van der Waals surface area contributed by atoms with Crippen LogP contribution in [-0.2, 0) is 11.2 Å². The number of aromatic nitrogens is 1. The van der Waals surface area contributed by atoms with Gasteiger partial charge in [0.25, 0.3) is 11.8 Å². The molecule has 0 radical (unpaired) electrons. The molecule has 0 unspecified atom stereocenters. The number of hydrogen-bond donors (Lipinski definition) is 1. The van der Waals surface area contributed by atoms with Gasteiger partial charge in [0.15, 0.2) is 5.13 Å². The van der Waals surface area contributed by atoms with Crippen LogP contribution in [0.15, 0.2) is 60.0 Å². The zero-order chi connectivity index (χ0) is 21.3. The molecule has 0 spiro atoms. The average molecular weight is 420 g/mol. The lowest BCUT2D eigenvalue weighted by atomic mass is 10.0. The Bertz CT molecular complexity index is 1070. The first kappa shape index (κ1) is 20.0. The van der Waals surface area contributed by atoms with Crippen molar-refractivity contribution in [3.8, 4) is 0 Å². The molecule has 4 rings (SSSR count). The molecule has 30 heavy (non-hydrogen) atoms. The molecule has 1 aliphatic heterocycles. The molecule has 0 fully saturated rings. The van der Waals surface area contributed by atoms with E-state index in [1.807, 2.05) is 49.6 Å². The number of amides is 3. The lowest BCUT2D eigenvalue weighted by Crippen LogP contribution is -2.48. The number of anilines is 1. The standard InChI is InChI=1S/C23H21N3O3S/c1-14(2)18-13-30-23(24-18)25-20(27)19(12-15-8-4-3-5-9-15)26-21(28)16-10-6-7-11-17(16)22(26)29/h3-11,13-14,19H,12H2,1-2H3,(H,24,25,27)/t19-/m0/s1. The first-order valence-corrected chi connectivity index (χ1v) is 10.6. The van der Waals surface area contributed by atoms with Crippen molar-refractivity contribution in [1.82, 2.24) is 9.88 Å². The van der Waals surface area contributed by atoms with E-state index in [-0.39, 0.29) is 12.3 Å². The third kappa shape index (κ3) is 3.76. The number of carbonyl (C=O) groups excluding carboxylic acids is 3. The molecule has 152 valence electrons. The van der Waals surface area contributed by atoms with Crippen molar-refractivity contribution >= 4 is 34.2 Å². The van der Waals surface area contributed by atoms with Crippen LogP contribution >= 0.6 is 11.3 Å². The van der Waals surface area contributed by atoms with Crippen LogP contribution in [0.25, 0.3) is 0 Å². The summed E-state index contributed by atoms with van der Waals surface area (Å²) in [6.07, 6.45) is 0.223. The Morgan fingerprint density at radius 2 is 1.60 bits per heavy atom. The number of carbonyl (C=O) groups is 3. The van der Waals surface area contributed by atoms with Gasteiger partial charge in [0.05, 0.1) is 16.8 Å². The summed E-state index contributed by atoms with van der Waals surface area (Å²) < 4.78 is 0. The van der Waals surface area contributed by atoms with Gasteiger partial charge >= 0.3 is 0 Å². The summed E-state index contributed by atoms with van der Waals surface area (Å²) in [7, 11) is 0. The smallest absolute Gasteiger partial charge is 0.262 e. The first-order chi connectivity index (χ1) is 14.5. The Kier molecular flexibility index (Phi) is 5.46. The molecule has 6 nitrogen and oxygen atoms in total. The van der Waals surface area contributed by atoms with E-state index in [4.69, 9.17) is 0 Å². The van der Waals surface area contributed by atoms with E-state index in [1.165, 1.54) is 11.3 Å². The van der Waals surface area contributed by atoms with Gasteiger partial charge in [0.1, 0.15) is 6.04 Å². The summed E-state index contributed by atoms with van der Waals surface area (Å²) in [5.74, 6) is -1.09. The van der Waals surface area contributed by atoms with Gasteiger partial charge in [-0.3, -0.25) is 19.3 Å². The van der Waals surface area contributed by atoms with Crippen LogP contribution in [-0.4, -0.2) is 33.6 Å². The van der Waals surface area contributed by atoms with Crippen LogP contribution in [0.4, 0.5) is 5.13 Å². The normalized spacial score (nSPS) is 14.2. The summed E-state index contributed by atoms with van der Waals surface area (Å²) in [6.45, 7) is 4.05. The molecule has 1 aromatic heterocycles. The van der Waals surface area contributed by atoms with E-state index < -0.39 is 23.8 Å². The number of hydrogen-bond acceptors (Lipinski definition) is 5. The third-order valence-corrected chi connectivity index (χ3v) is 5.83. The molecule has 2 heterocycles. The molecule has 7 heteroatoms. The van der Waals surface area contributed by atoms with Gasteiger partial charge in [-0.2, -0.15) is 0 Å². The molecule has 3 aromatic rings. The first-order valence-electron chi connectivity index (χ1n) is 9.73. The number of fused-ring (bicyclic) bond motifs is 1. The van der Waals surface area contributed by atoms with Crippen LogP contribution < -0.4 is 5.32 Å². The average Bonchev–Trinajstić information content (AvgIpc) is 3.31. The second kappa shape index (κ2) is 8.20. The number of nitrogens with zero attached hydrogens (tertiary/aromatic N) is 2. The number of nitrogens with one attached hydrogen (secondary N) is 1. The fraction of sp³-hybridized carbons (Fsp3) is 0.217. The quantitative estimate of drug-likeness (QED) is 0.610. The molecule has 1 N–H and O–H groups in total. The highest BCUT2D eigenvalue weighted by Crippen LogP contribution is 2.27. The fourth-order valence-corrected chi connectivity index (χ4v) is 4.30. The van der Waals surface area contributed by atoms with Crippen LogP contribution in [0.3, 0.4) is 0 Å². The van der Waals surface area contributed by atoms with E-state index in [1.54, 1.807) is 24.3 Å². The minimum atomic E-state index is -0.980. The SMILES string of the molecule is CC(C)c1csc(NC(=O)[C@H](Cc2ccccc2)N2C(=O)c3ccccc3C2=O)n1. The fourth-order valence-electron chi connectivity index (χ4n) is 3.43.